The first-order valence-corrected chi connectivity index (χ1v) is 9.86. The van der Waals surface area contributed by atoms with Crippen LogP contribution in [-0.4, -0.2) is 28.6 Å². The zero-order valence-corrected chi connectivity index (χ0v) is 15.1. The van der Waals surface area contributed by atoms with E-state index in [9.17, 15) is 13.5 Å². The highest BCUT2D eigenvalue weighted by Crippen LogP contribution is 2.38. The van der Waals surface area contributed by atoms with E-state index in [0.717, 1.165) is 9.98 Å². The topological polar surface area (TPSA) is 82.9 Å². The first-order valence-electron chi connectivity index (χ1n) is 8.42. The Balaban J connectivity index is 1.83. The number of hydrazone groups is 1. The standard InChI is InChI=1S/C20H17N3O3S/c24-20-11-5-4-10-17(20)18-13-19(15-7-6-12-21-14-15)23(22-18)27(25,26)16-8-2-1-3-9-16/h1-12,14,19,24H,13H2/t19-/m0/s1. The van der Waals surface area contributed by atoms with Crippen LogP contribution in [0.3, 0.4) is 0 Å². The van der Waals surface area contributed by atoms with E-state index >= 15 is 0 Å². The Morgan fingerprint density at radius 1 is 0.963 bits per heavy atom. The van der Waals surface area contributed by atoms with E-state index in [-0.39, 0.29) is 10.6 Å². The number of nitrogens with zero attached hydrogens (tertiary/aromatic N) is 3. The third-order valence-corrected chi connectivity index (χ3v) is 6.14. The summed E-state index contributed by atoms with van der Waals surface area (Å²) < 4.78 is 27.6. The van der Waals surface area contributed by atoms with Gasteiger partial charge in [-0.3, -0.25) is 4.98 Å². The van der Waals surface area contributed by atoms with Crippen LogP contribution in [0.2, 0.25) is 0 Å². The third kappa shape index (κ3) is 3.17. The maximum atomic E-state index is 13.2. The van der Waals surface area contributed by atoms with Crippen LogP contribution in [0.25, 0.3) is 0 Å². The molecule has 0 bridgehead atoms. The molecule has 0 saturated heterocycles. The van der Waals surface area contributed by atoms with Crippen LogP contribution in [0.4, 0.5) is 0 Å². The molecule has 0 amide bonds. The van der Waals surface area contributed by atoms with Gasteiger partial charge in [-0.1, -0.05) is 36.4 Å². The van der Waals surface area contributed by atoms with Crippen molar-refractivity contribution in [2.24, 2.45) is 5.10 Å². The second-order valence-electron chi connectivity index (χ2n) is 6.16. The number of pyridine rings is 1. The van der Waals surface area contributed by atoms with Gasteiger partial charge < -0.3 is 5.11 Å². The highest BCUT2D eigenvalue weighted by Gasteiger charge is 2.38. The molecule has 136 valence electrons. The lowest BCUT2D eigenvalue weighted by Crippen LogP contribution is -2.27. The number of hydrogen-bond acceptors (Lipinski definition) is 5. The first kappa shape index (κ1) is 17.2. The van der Waals surface area contributed by atoms with E-state index in [1.807, 2.05) is 6.07 Å². The van der Waals surface area contributed by atoms with Crippen LogP contribution in [0.5, 0.6) is 5.75 Å². The molecule has 0 spiro atoms. The average molecular weight is 379 g/mol. The van der Waals surface area contributed by atoms with Crippen molar-refractivity contribution in [3.8, 4) is 5.75 Å². The van der Waals surface area contributed by atoms with Crippen LogP contribution >= 0.6 is 0 Å². The van der Waals surface area contributed by atoms with Gasteiger partial charge in [-0.25, -0.2) is 0 Å². The van der Waals surface area contributed by atoms with E-state index in [2.05, 4.69) is 10.1 Å². The molecule has 2 aromatic carbocycles. The van der Waals surface area contributed by atoms with E-state index in [0.29, 0.717) is 17.7 Å². The molecule has 0 aliphatic carbocycles. The van der Waals surface area contributed by atoms with Gasteiger partial charge in [0.2, 0.25) is 0 Å². The molecule has 0 saturated carbocycles. The summed E-state index contributed by atoms with van der Waals surface area (Å²) in [4.78, 5) is 4.28. The minimum Gasteiger partial charge on any atom is -0.507 e. The molecule has 0 unspecified atom stereocenters. The Hall–Kier alpha value is -3.19. The van der Waals surface area contributed by atoms with Gasteiger partial charge in [0.05, 0.1) is 16.6 Å². The van der Waals surface area contributed by atoms with Crippen LogP contribution in [0, 0.1) is 0 Å². The maximum Gasteiger partial charge on any atom is 0.279 e. The normalized spacial score (nSPS) is 17.0. The van der Waals surface area contributed by atoms with Crippen LogP contribution in [0.1, 0.15) is 23.6 Å². The van der Waals surface area contributed by atoms with Gasteiger partial charge in [0.25, 0.3) is 10.0 Å². The van der Waals surface area contributed by atoms with Crippen LogP contribution in [-0.2, 0) is 10.0 Å². The lowest BCUT2D eigenvalue weighted by molar-refractivity contribution is 0.371. The number of rotatable bonds is 4. The average Bonchev–Trinajstić information content (AvgIpc) is 3.16. The van der Waals surface area contributed by atoms with E-state index in [1.165, 1.54) is 0 Å². The largest absolute Gasteiger partial charge is 0.507 e. The van der Waals surface area contributed by atoms with Crippen molar-refractivity contribution in [3.05, 3.63) is 90.3 Å². The number of hydrogen-bond donors (Lipinski definition) is 1. The number of para-hydroxylation sites is 1. The summed E-state index contributed by atoms with van der Waals surface area (Å²) in [5.74, 6) is 0.0696. The molecule has 1 N–H and O–H groups in total. The summed E-state index contributed by atoms with van der Waals surface area (Å²) in [6, 6.07) is 18.1. The highest BCUT2D eigenvalue weighted by molar-refractivity contribution is 7.89. The second kappa shape index (κ2) is 6.85. The second-order valence-corrected chi connectivity index (χ2v) is 7.96. The number of phenolic OH excluding ortho intramolecular Hbond substituents is 1. The molecular formula is C20H17N3O3S. The Labute approximate surface area is 157 Å². The summed E-state index contributed by atoms with van der Waals surface area (Å²) in [5, 5.41) is 14.6. The smallest absolute Gasteiger partial charge is 0.279 e. The van der Waals surface area contributed by atoms with Gasteiger partial charge >= 0.3 is 0 Å². The molecule has 27 heavy (non-hydrogen) atoms. The van der Waals surface area contributed by atoms with Crippen LogP contribution in [0.15, 0.2) is 89.1 Å². The minimum absolute atomic E-state index is 0.0696. The maximum absolute atomic E-state index is 13.2. The third-order valence-electron chi connectivity index (χ3n) is 4.44. The van der Waals surface area contributed by atoms with Gasteiger partial charge in [-0.15, -0.1) is 0 Å². The molecule has 0 fully saturated rings. The fourth-order valence-electron chi connectivity index (χ4n) is 3.11. The van der Waals surface area contributed by atoms with Gasteiger partial charge in [-0.2, -0.15) is 17.9 Å². The Morgan fingerprint density at radius 3 is 2.41 bits per heavy atom. The summed E-state index contributed by atoms with van der Waals surface area (Å²) in [6.07, 6.45) is 3.62. The molecule has 4 rings (SSSR count). The molecule has 3 aromatic rings. The number of aromatic nitrogens is 1. The Kier molecular flexibility index (Phi) is 4.37. The molecule has 1 atom stereocenters. The van der Waals surface area contributed by atoms with Gasteiger partial charge in [-0.05, 0) is 35.9 Å². The fraction of sp³-hybridized carbons (Fsp3) is 0.100. The Morgan fingerprint density at radius 2 is 1.70 bits per heavy atom. The SMILES string of the molecule is O=S(=O)(c1ccccc1)N1N=C(c2ccccc2O)C[C@H]1c1cccnc1. The van der Waals surface area contributed by atoms with Crippen molar-refractivity contribution in [2.75, 3.05) is 0 Å². The van der Waals surface area contributed by atoms with Crippen molar-refractivity contribution in [2.45, 2.75) is 17.4 Å². The van der Waals surface area contributed by atoms with E-state index < -0.39 is 16.1 Å². The van der Waals surface area contributed by atoms with Crippen molar-refractivity contribution >= 4 is 15.7 Å². The quantitative estimate of drug-likeness (QED) is 0.754. The first-order chi connectivity index (χ1) is 13.1. The molecule has 1 aromatic heterocycles. The van der Waals surface area contributed by atoms with Gasteiger partial charge in [0, 0.05) is 24.4 Å². The highest BCUT2D eigenvalue weighted by atomic mass is 32.2. The molecule has 7 heteroatoms. The predicted octanol–water partition coefficient (Wildman–Crippen LogP) is 3.33. The fourth-order valence-corrected chi connectivity index (χ4v) is 4.57. The molecule has 1 aliphatic heterocycles. The van der Waals surface area contributed by atoms with Gasteiger partial charge in [0.15, 0.2) is 0 Å². The summed E-state index contributed by atoms with van der Waals surface area (Å²) in [6.45, 7) is 0. The lowest BCUT2D eigenvalue weighted by atomic mass is 10.00. The van der Waals surface area contributed by atoms with Crippen molar-refractivity contribution in [1.29, 1.82) is 0 Å². The van der Waals surface area contributed by atoms with Crippen molar-refractivity contribution < 1.29 is 13.5 Å². The molecule has 0 radical (unpaired) electrons. The van der Waals surface area contributed by atoms with E-state index in [1.54, 1.807) is 73.1 Å². The number of benzene rings is 2. The van der Waals surface area contributed by atoms with Crippen LogP contribution < -0.4 is 0 Å². The van der Waals surface area contributed by atoms with Gasteiger partial charge in [0.1, 0.15) is 5.75 Å². The zero-order valence-electron chi connectivity index (χ0n) is 14.3. The Bertz CT molecular complexity index is 1080. The number of aromatic hydroxyl groups is 1. The minimum atomic E-state index is -3.85. The lowest BCUT2D eigenvalue weighted by Gasteiger charge is -2.23. The predicted molar refractivity (Wildman–Crippen MR) is 102 cm³/mol. The molecule has 6 nitrogen and oxygen atoms in total. The molecule has 1 aliphatic rings. The molecular weight excluding hydrogens is 362 g/mol. The summed E-state index contributed by atoms with van der Waals surface area (Å²) >= 11 is 0. The van der Waals surface area contributed by atoms with Crippen molar-refractivity contribution in [3.63, 3.8) is 0 Å². The monoisotopic (exact) mass is 379 g/mol. The summed E-state index contributed by atoms with van der Waals surface area (Å²) in [7, 11) is -3.85. The molecule has 2 heterocycles. The number of phenols is 1. The van der Waals surface area contributed by atoms with Crippen molar-refractivity contribution in [1.82, 2.24) is 9.40 Å². The number of sulfonamides is 1. The summed E-state index contributed by atoms with van der Waals surface area (Å²) in [5.41, 5.74) is 1.78. The van der Waals surface area contributed by atoms with E-state index in [4.69, 9.17) is 0 Å². The zero-order chi connectivity index (χ0) is 18.9.